The van der Waals surface area contributed by atoms with Crippen LogP contribution in [0.3, 0.4) is 0 Å². The maximum Gasteiger partial charge on any atom is 0.319 e. The second-order valence-electron chi connectivity index (χ2n) is 6.77. The average molecular weight is 401 g/mol. The Balaban J connectivity index is 1.45. The summed E-state index contributed by atoms with van der Waals surface area (Å²) >= 11 is 0. The van der Waals surface area contributed by atoms with E-state index in [-0.39, 0.29) is 23.5 Å². The van der Waals surface area contributed by atoms with Gasteiger partial charge in [-0.15, -0.1) is 0 Å². The monoisotopic (exact) mass is 401 g/mol. The average Bonchev–Trinajstić information content (AvgIpc) is 3.01. The van der Waals surface area contributed by atoms with E-state index in [1.54, 1.807) is 24.3 Å². The Hall–Kier alpha value is -2.87. The fraction of sp³-hybridized carbons (Fsp3) is 0.300. The Morgan fingerprint density at radius 1 is 1.00 bits per heavy atom. The Morgan fingerprint density at radius 2 is 1.71 bits per heavy atom. The lowest BCUT2D eigenvalue weighted by Crippen LogP contribution is -2.38. The summed E-state index contributed by atoms with van der Waals surface area (Å²) in [6.07, 6.45) is 1.18. The molecule has 3 N–H and O–H groups in total. The summed E-state index contributed by atoms with van der Waals surface area (Å²) in [5.74, 6) is -0.0998. The zero-order valence-corrected chi connectivity index (χ0v) is 16.2. The van der Waals surface area contributed by atoms with Crippen LogP contribution < -0.4 is 16.0 Å². The number of rotatable bonds is 6. The van der Waals surface area contributed by atoms with Crippen LogP contribution >= 0.6 is 0 Å². The molecule has 1 atom stereocenters. The molecule has 148 valence electrons. The van der Waals surface area contributed by atoms with Crippen molar-refractivity contribution >= 4 is 27.5 Å². The number of sulfone groups is 1. The van der Waals surface area contributed by atoms with Gasteiger partial charge in [-0.2, -0.15) is 0 Å². The fourth-order valence-electron chi connectivity index (χ4n) is 3.03. The molecule has 0 spiro atoms. The van der Waals surface area contributed by atoms with Crippen molar-refractivity contribution < 1.29 is 18.0 Å². The molecule has 1 heterocycles. The predicted molar refractivity (Wildman–Crippen MR) is 108 cm³/mol. The molecular weight excluding hydrogens is 378 g/mol. The van der Waals surface area contributed by atoms with Crippen molar-refractivity contribution in [3.8, 4) is 0 Å². The molecule has 3 rings (SSSR count). The van der Waals surface area contributed by atoms with Crippen LogP contribution in [0.1, 0.15) is 22.3 Å². The molecule has 0 unspecified atom stereocenters. The van der Waals surface area contributed by atoms with Gasteiger partial charge in [0.1, 0.15) is 0 Å². The summed E-state index contributed by atoms with van der Waals surface area (Å²) in [5, 5.41) is 8.17. The van der Waals surface area contributed by atoms with Crippen LogP contribution in [0.25, 0.3) is 0 Å². The highest BCUT2D eigenvalue weighted by molar-refractivity contribution is 7.91. The summed E-state index contributed by atoms with van der Waals surface area (Å²) in [6, 6.07) is 15.6. The Bertz CT molecular complexity index is 928. The molecule has 8 heteroatoms. The van der Waals surface area contributed by atoms with Gasteiger partial charge >= 0.3 is 6.03 Å². The van der Waals surface area contributed by atoms with Crippen molar-refractivity contribution in [1.82, 2.24) is 10.6 Å². The fourth-order valence-corrected chi connectivity index (χ4v) is 4.71. The van der Waals surface area contributed by atoms with E-state index in [0.717, 1.165) is 12.0 Å². The van der Waals surface area contributed by atoms with E-state index in [2.05, 4.69) is 16.0 Å². The quantitative estimate of drug-likeness (QED) is 0.688. The van der Waals surface area contributed by atoms with Crippen molar-refractivity contribution in [2.24, 2.45) is 0 Å². The first-order valence-electron chi connectivity index (χ1n) is 9.11. The zero-order valence-electron chi connectivity index (χ0n) is 15.4. The van der Waals surface area contributed by atoms with Crippen molar-refractivity contribution in [3.05, 3.63) is 65.7 Å². The topological polar surface area (TPSA) is 104 Å². The van der Waals surface area contributed by atoms with Crippen molar-refractivity contribution in [1.29, 1.82) is 0 Å². The van der Waals surface area contributed by atoms with Crippen LogP contribution in [-0.4, -0.2) is 44.4 Å². The number of amides is 3. The SMILES string of the molecule is O=C(Nc1ccc(C(=O)NCCc2ccccc2)cc1)N[C@@H]1CCS(=O)(=O)C1. The number of carbonyl (C=O) groups excluding carboxylic acids is 2. The van der Waals surface area contributed by atoms with Crippen LogP contribution in [0.5, 0.6) is 0 Å². The number of urea groups is 1. The van der Waals surface area contributed by atoms with Crippen LogP contribution in [0.2, 0.25) is 0 Å². The highest BCUT2D eigenvalue weighted by atomic mass is 32.2. The maximum atomic E-state index is 12.2. The first kappa shape index (κ1) is 19.9. The number of nitrogens with one attached hydrogen (secondary N) is 3. The first-order chi connectivity index (χ1) is 13.4. The number of carbonyl (C=O) groups is 2. The molecule has 3 amide bonds. The molecule has 1 aliphatic heterocycles. The van der Waals surface area contributed by atoms with E-state index in [1.807, 2.05) is 30.3 Å². The normalized spacial score (nSPS) is 17.6. The van der Waals surface area contributed by atoms with Crippen molar-refractivity contribution in [2.75, 3.05) is 23.4 Å². The second kappa shape index (κ2) is 8.88. The third kappa shape index (κ3) is 5.82. The molecule has 0 aliphatic carbocycles. The van der Waals surface area contributed by atoms with Crippen LogP contribution in [0, 0.1) is 0 Å². The minimum atomic E-state index is -3.04. The summed E-state index contributed by atoms with van der Waals surface area (Å²) < 4.78 is 22.9. The summed E-state index contributed by atoms with van der Waals surface area (Å²) in [4.78, 5) is 24.2. The van der Waals surface area contributed by atoms with Crippen LogP contribution in [-0.2, 0) is 16.3 Å². The van der Waals surface area contributed by atoms with Crippen molar-refractivity contribution in [2.45, 2.75) is 18.9 Å². The Kier molecular flexibility index (Phi) is 6.30. The standard InChI is InChI=1S/C20H23N3O4S/c24-19(21-12-10-15-4-2-1-3-5-15)16-6-8-17(9-7-16)22-20(25)23-18-11-13-28(26,27)14-18/h1-9,18H,10-14H2,(H,21,24)(H2,22,23,25)/t18-/m1/s1. The molecule has 0 saturated carbocycles. The van der Waals surface area contributed by atoms with Gasteiger partial charge in [-0.1, -0.05) is 30.3 Å². The van der Waals surface area contributed by atoms with E-state index in [0.29, 0.717) is 24.2 Å². The van der Waals surface area contributed by atoms with Gasteiger partial charge in [-0.3, -0.25) is 4.79 Å². The predicted octanol–water partition coefficient (Wildman–Crippen LogP) is 1.97. The molecule has 0 radical (unpaired) electrons. The molecule has 0 aromatic heterocycles. The van der Waals surface area contributed by atoms with Gasteiger partial charge < -0.3 is 16.0 Å². The van der Waals surface area contributed by atoms with Crippen LogP contribution in [0.4, 0.5) is 10.5 Å². The summed E-state index contributed by atoms with van der Waals surface area (Å²) in [5.41, 5.74) is 2.18. The smallest absolute Gasteiger partial charge is 0.319 e. The largest absolute Gasteiger partial charge is 0.352 e. The molecule has 0 bridgehead atoms. The highest BCUT2D eigenvalue weighted by Crippen LogP contribution is 2.13. The third-order valence-electron chi connectivity index (χ3n) is 4.51. The van der Waals surface area contributed by atoms with Gasteiger partial charge in [-0.05, 0) is 42.7 Å². The molecule has 7 nitrogen and oxygen atoms in total. The van der Waals surface area contributed by atoms with Gasteiger partial charge in [0.05, 0.1) is 11.5 Å². The molecule has 1 fully saturated rings. The minimum absolute atomic E-state index is 0.0253. The molecular formula is C20H23N3O4S. The molecule has 28 heavy (non-hydrogen) atoms. The van der Waals surface area contributed by atoms with E-state index in [1.165, 1.54) is 0 Å². The lowest BCUT2D eigenvalue weighted by Gasteiger charge is -2.12. The Morgan fingerprint density at radius 3 is 2.36 bits per heavy atom. The summed E-state index contributed by atoms with van der Waals surface area (Å²) in [6.45, 7) is 0.537. The summed E-state index contributed by atoms with van der Waals surface area (Å²) in [7, 11) is -3.04. The highest BCUT2D eigenvalue weighted by Gasteiger charge is 2.28. The first-order valence-corrected chi connectivity index (χ1v) is 10.9. The van der Waals surface area contributed by atoms with E-state index >= 15 is 0 Å². The molecule has 1 saturated heterocycles. The van der Waals surface area contributed by atoms with Crippen molar-refractivity contribution in [3.63, 3.8) is 0 Å². The van der Waals surface area contributed by atoms with Gasteiger partial charge in [0.15, 0.2) is 9.84 Å². The molecule has 2 aromatic rings. The Labute approximate surface area is 164 Å². The third-order valence-corrected chi connectivity index (χ3v) is 6.28. The second-order valence-corrected chi connectivity index (χ2v) is 9.00. The van der Waals surface area contributed by atoms with Gasteiger partial charge in [0.25, 0.3) is 5.91 Å². The van der Waals surface area contributed by atoms with E-state index < -0.39 is 15.9 Å². The number of anilines is 1. The van der Waals surface area contributed by atoms with Crippen LogP contribution in [0.15, 0.2) is 54.6 Å². The zero-order chi connectivity index (χ0) is 20.0. The molecule has 1 aliphatic rings. The number of hydrogen-bond donors (Lipinski definition) is 3. The maximum absolute atomic E-state index is 12.2. The lowest BCUT2D eigenvalue weighted by molar-refractivity contribution is 0.0954. The van der Waals surface area contributed by atoms with Gasteiger partial charge in [-0.25, -0.2) is 13.2 Å². The van der Waals surface area contributed by atoms with E-state index in [9.17, 15) is 18.0 Å². The van der Waals surface area contributed by atoms with Gasteiger partial charge in [0.2, 0.25) is 0 Å². The van der Waals surface area contributed by atoms with E-state index in [4.69, 9.17) is 0 Å². The van der Waals surface area contributed by atoms with Gasteiger partial charge in [0, 0.05) is 23.8 Å². The lowest BCUT2D eigenvalue weighted by atomic mass is 10.1. The minimum Gasteiger partial charge on any atom is -0.352 e. The number of hydrogen-bond acceptors (Lipinski definition) is 4. The molecule has 2 aromatic carbocycles. The number of benzene rings is 2.